The summed E-state index contributed by atoms with van der Waals surface area (Å²) in [6.07, 6.45) is 0. The number of hydrogen-bond donors (Lipinski definition) is 0. The molecule has 0 atom stereocenters. The van der Waals surface area contributed by atoms with Gasteiger partial charge < -0.3 is 18.9 Å². The predicted molar refractivity (Wildman–Crippen MR) is 136 cm³/mol. The van der Waals surface area contributed by atoms with Gasteiger partial charge in [0.2, 0.25) is 0 Å². The number of benzene rings is 3. The Kier molecular flexibility index (Phi) is 12.8. The minimum Gasteiger partial charge on any atom is -0.748 e. The molecule has 0 saturated heterocycles. The predicted octanol–water partition coefficient (Wildman–Crippen LogP) is -2.90. The van der Waals surface area contributed by atoms with E-state index >= 15 is 0 Å². The first kappa shape index (κ1) is 34.1. The molecule has 8 nitrogen and oxygen atoms in total. The molecule has 0 aliphatic carbocycles. The minimum atomic E-state index is -4.72. The molecule has 3 aromatic rings. The fourth-order valence-electron chi connectivity index (χ4n) is 3.99. The Morgan fingerprint density at radius 3 is 1.30 bits per heavy atom. The smallest absolute Gasteiger partial charge is 0.748 e. The van der Waals surface area contributed by atoms with Crippen LogP contribution in [-0.4, -0.2) is 54.1 Å². The van der Waals surface area contributed by atoms with Gasteiger partial charge >= 0.3 is 59.1 Å². The normalized spacial score (nSPS) is 11.4. The van der Waals surface area contributed by atoms with Gasteiger partial charge in [-0.1, -0.05) is 42.5 Å². The van der Waals surface area contributed by atoms with E-state index in [4.69, 9.17) is 0 Å². The molecule has 0 amide bonds. The van der Waals surface area contributed by atoms with Crippen LogP contribution < -0.4 is 68.9 Å². The van der Waals surface area contributed by atoms with Crippen LogP contribution in [0.25, 0.3) is 0 Å². The molecule has 0 saturated carbocycles. The Hall–Kier alpha value is -0.920. The van der Waals surface area contributed by atoms with Crippen LogP contribution >= 0.6 is 0 Å². The first-order chi connectivity index (χ1) is 16.2. The topological polar surface area (TPSA) is 121 Å². The Labute approximate surface area is 264 Å². The van der Waals surface area contributed by atoms with Crippen molar-refractivity contribution in [2.75, 3.05) is 38.0 Å². The summed E-state index contributed by atoms with van der Waals surface area (Å²) in [6.45, 7) is 0. The summed E-state index contributed by atoms with van der Waals surface area (Å²) in [7, 11) is -1.65. The van der Waals surface area contributed by atoms with Crippen molar-refractivity contribution in [3.8, 4) is 0 Å². The van der Waals surface area contributed by atoms with Crippen molar-refractivity contribution in [3.63, 3.8) is 0 Å². The molecule has 0 spiro atoms. The fourth-order valence-corrected chi connectivity index (χ4v) is 5.30. The Morgan fingerprint density at radius 2 is 0.946 bits per heavy atom. The molecule has 0 aromatic heterocycles. The molecular formula is C25H28N2Na2O6S2. The minimum absolute atomic E-state index is 0. The maximum Gasteiger partial charge on any atom is 1.00 e. The van der Waals surface area contributed by atoms with E-state index in [-0.39, 0.29) is 76.2 Å². The van der Waals surface area contributed by atoms with Crippen LogP contribution in [0, 0.1) is 0 Å². The van der Waals surface area contributed by atoms with Crippen molar-refractivity contribution in [1.82, 2.24) is 0 Å². The molecule has 0 unspecified atom stereocenters. The van der Waals surface area contributed by atoms with Gasteiger partial charge in [-0.25, -0.2) is 16.8 Å². The van der Waals surface area contributed by atoms with Crippen LogP contribution in [0.15, 0.2) is 66.7 Å². The van der Waals surface area contributed by atoms with Crippen LogP contribution in [-0.2, 0) is 31.7 Å². The molecule has 0 fully saturated rings. The standard InChI is InChI=1S/C25H30N2O6S2.2Na/c1-26(2)23-11-7-18(8-12-23)25(19-9-13-24(14-10-19)27(3)4)20-5-6-21(16-34(28,29)30)22(15-20)17-35(31,32)33;;/h5-15,25H,16-17H2,1-4H3,(H,28,29,30)(H,31,32,33);;/q;2*+1/p-2. The van der Waals surface area contributed by atoms with Crippen LogP contribution in [0.5, 0.6) is 0 Å². The second-order valence-corrected chi connectivity index (χ2v) is 11.6. The van der Waals surface area contributed by atoms with Gasteiger partial charge in [0.25, 0.3) is 0 Å². The van der Waals surface area contributed by atoms with Crippen LogP contribution in [0.2, 0.25) is 0 Å². The summed E-state index contributed by atoms with van der Waals surface area (Å²) in [5, 5.41) is 0. The first-order valence-electron chi connectivity index (χ1n) is 10.8. The van der Waals surface area contributed by atoms with Crippen molar-refractivity contribution >= 4 is 31.6 Å². The van der Waals surface area contributed by atoms with Gasteiger partial charge in [0.15, 0.2) is 0 Å². The van der Waals surface area contributed by atoms with Crippen LogP contribution in [0.1, 0.15) is 33.7 Å². The van der Waals surface area contributed by atoms with Gasteiger partial charge in [-0.3, -0.25) is 0 Å². The Morgan fingerprint density at radius 1 is 0.595 bits per heavy atom. The third kappa shape index (κ3) is 9.96. The van der Waals surface area contributed by atoms with E-state index in [1.165, 1.54) is 12.1 Å². The third-order valence-corrected chi connectivity index (χ3v) is 7.04. The zero-order chi connectivity index (χ0) is 26.0. The Balaban J connectivity index is 0.00000342. The summed E-state index contributed by atoms with van der Waals surface area (Å²) < 4.78 is 68.7. The van der Waals surface area contributed by atoms with Gasteiger partial charge in [-0.15, -0.1) is 0 Å². The monoisotopic (exact) mass is 562 g/mol. The zero-order valence-corrected chi connectivity index (χ0v) is 27.6. The van der Waals surface area contributed by atoms with E-state index in [0.717, 1.165) is 22.5 Å². The zero-order valence-electron chi connectivity index (χ0n) is 22.0. The molecular weight excluding hydrogens is 534 g/mol. The summed E-state index contributed by atoms with van der Waals surface area (Å²) in [5.74, 6) is -2.12. The summed E-state index contributed by atoms with van der Waals surface area (Å²) in [6, 6.07) is 20.4. The number of hydrogen-bond acceptors (Lipinski definition) is 8. The molecule has 3 rings (SSSR count). The second kappa shape index (κ2) is 13.9. The maximum absolute atomic E-state index is 11.5. The number of nitrogens with zero attached hydrogens (tertiary/aromatic N) is 2. The summed E-state index contributed by atoms with van der Waals surface area (Å²) in [4.78, 5) is 3.94. The second-order valence-electron chi connectivity index (χ2n) is 8.84. The van der Waals surface area contributed by atoms with Gasteiger partial charge in [0.05, 0.1) is 31.7 Å². The number of anilines is 2. The number of rotatable bonds is 9. The van der Waals surface area contributed by atoms with Crippen molar-refractivity contribution < 1.29 is 85.1 Å². The van der Waals surface area contributed by atoms with Crippen molar-refractivity contribution in [2.24, 2.45) is 0 Å². The molecule has 188 valence electrons. The quantitative estimate of drug-likeness (QED) is 0.155. The summed E-state index contributed by atoms with van der Waals surface area (Å²) >= 11 is 0. The van der Waals surface area contributed by atoms with E-state index in [0.29, 0.717) is 5.56 Å². The van der Waals surface area contributed by atoms with Crippen molar-refractivity contribution in [2.45, 2.75) is 17.4 Å². The molecule has 0 aliphatic heterocycles. The average molecular weight is 563 g/mol. The SMILES string of the molecule is CN(C)c1ccc(C(c2ccc(N(C)C)cc2)c2ccc(CS(=O)(=O)[O-])c(CS(=O)(=O)[O-])c2)cc1.[Na+].[Na+]. The van der Waals surface area contributed by atoms with E-state index in [9.17, 15) is 25.9 Å². The van der Waals surface area contributed by atoms with E-state index in [1.54, 1.807) is 6.07 Å². The molecule has 0 aliphatic rings. The van der Waals surface area contributed by atoms with E-state index in [1.807, 2.05) is 86.5 Å². The maximum atomic E-state index is 11.5. The third-order valence-electron chi connectivity index (χ3n) is 5.71. The molecule has 0 radical (unpaired) electrons. The largest absolute Gasteiger partial charge is 1.00 e. The first-order valence-corrected chi connectivity index (χ1v) is 13.9. The molecule has 0 heterocycles. The molecule has 3 aromatic carbocycles. The molecule has 12 heteroatoms. The molecule has 0 bridgehead atoms. The summed E-state index contributed by atoms with van der Waals surface area (Å²) in [5.41, 5.74) is 4.55. The average Bonchev–Trinajstić information content (AvgIpc) is 2.74. The van der Waals surface area contributed by atoms with E-state index in [2.05, 4.69) is 0 Å². The van der Waals surface area contributed by atoms with Crippen molar-refractivity contribution in [1.29, 1.82) is 0 Å². The van der Waals surface area contributed by atoms with Gasteiger partial charge in [0, 0.05) is 45.5 Å². The fraction of sp³-hybridized carbons (Fsp3) is 0.280. The molecule has 0 N–H and O–H groups in total. The van der Waals surface area contributed by atoms with Crippen LogP contribution in [0.3, 0.4) is 0 Å². The molecule has 37 heavy (non-hydrogen) atoms. The van der Waals surface area contributed by atoms with Crippen LogP contribution in [0.4, 0.5) is 11.4 Å². The van der Waals surface area contributed by atoms with Gasteiger partial charge in [0.1, 0.15) is 0 Å². The van der Waals surface area contributed by atoms with Gasteiger partial charge in [-0.2, -0.15) is 0 Å². The van der Waals surface area contributed by atoms with Gasteiger partial charge in [-0.05, 0) is 52.1 Å². The van der Waals surface area contributed by atoms with Crippen molar-refractivity contribution in [3.05, 3.63) is 94.5 Å². The van der Waals surface area contributed by atoms with E-state index < -0.39 is 31.7 Å². The Bertz CT molecular complexity index is 1340.